The lowest BCUT2D eigenvalue weighted by atomic mass is 9.87. The van der Waals surface area contributed by atoms with Crippen molar-refractivity contribution >= 4 is 22.1 Å². The van der Waals surface area contributed by atoms with Crippen molar-refractivity contribution < 1.29 is 50.3 Å². The lowest BCUT2D eigenvalue weighted by Gasteiger charge is -2.22. The van der Waals surface area contributed by atoms with E-state index < -0.39 is 70.1 Å². The second-order valence-electron chi connectivity index (χ2n) is 6.23. The minimum Gasteiger partial charge on any atom is -0.459 e. The predicted octanol–water partition coefficient (Wildman–Crippen LogP) is 0.297. The minimum atomic E-state index is -5.21. The molecule has 0 aromatic carbocycles. The van der Waals surface area contributed by atoms with E-state index in [2.05, 4.69) is 4.74 Å². The van der Waals surface area contributed by atoms with Crippen molar-refractivity contribution in [3.63, 3.8) is 0 Å². The summed E-state index contributed by atoms with van der Waals surface area (Å²) >= 11 is 0. The maximum Gasteiger partial charge on any atom is 0.426 e. The summed E-state index contributed by atoms with van der Waals surface area (Å²) in [5.74, 6) is -6.84. The lowest BCUT2D eigenvalue weighted by Crippen LogP contribution is -2.41. The molecule has 2 N–H and O–H groups in total. The number of ether oxygens (including phenoxy) is 2. The van der Waals surface area contributed by atoms with Gasteiger partial charge in [0, 0.05) is 5.92 Å². The maximum absolute atomic E-state index is 12.8. The molecule has 25 heavy (non-hydrogen) atoms. The molecule has 0 bridgehead atoms. The van der Waals surface area contributed by atoms with E-state index in [4.69, 9.17) is 9.29 Å². The van der Waals surface area contributed by atoms with Crippen LogP contribution in [0.25, 0.3) is 0 Å². The smallest absolute Gasteiger partial charge is 0.426 e. The van der Waals surface area contributed by atoms with E-state index in [1.807, 2.05) is 0 Å². The number of cyclic esters (lactones) is 1. The lowest BCUT2D eigenvalue weighted by molar-refractivity contribution is -0.218. The summed E-state index contributed by atoms with van der Waals surface area (Å²) in [5.41, 5.74) is 0. The van der Waals surface area contributed by atoms with Crippen LogP contribution < -0.4 is 0 Å². The number of carbonyl (C=O) groups excluding carboxylic acids is 2. The summed E-state index contributed by atoms with van der Waals surface area (Å²) in [7, 11) is -5.05. The maximum atomic E-state index is 12.8. The second-order valence-corrected chi connectivity index (χ2v) is 7.73. The van der Waals surface area contributed by atoms with Crippen molar-refractivity contribution in [2.24, 2.45) is 17.8 Å². The van der Waals surface area contributed by atoms with Gasteiger partial charge in [-0.05, 0) is 19.8 Å². The van der Waals surface area contributed by atoms with E-state index in [1.165, 1.54) is 6.92 Å². The molecule has 1 saturated heterocycles. The van der Waals surface area contributed by atoms with Crippen LogP contribution in [0.2, 0.25) is 0 Å². The number of carbonyl (C=O) groups is 2. The first-order valence-electron chi connectivity index (χ1n) is 7.42. The van der Waals surface area contributed by atoms with E-state index in [-0.39, 0.29) is 12.8 Å². The first kappa shape index (κ1) is 19.9. The number of aliphatic hydroxyl groups excluding tert-OH is 1. The number of hydrogen-bond donors (Lipinski definition) is 2. The van der Waals surface area contributed by atoms with Gasteiger partial charge in [0.05, 0.1) is 17.9 Å². The number of aliphatic hydroxyl groups is 1. The van der Waals surface area contributed by atoms with Gasteiger partial charge in [-0.15, -0.1) is 0 Å². The van der Waals surface area contributed by atoms with Gasteiger partial charge in [-0.3, -0.25) is 14.1 Å². The molecular weight excluding hydrogens is 373 g/mol. The highest BCUT2D eigenvalue weighted by atomic mass is 32.2. The molecule has 1 aliphatic heterocycles. The van der Waals surface area contributed by atoms with Gasteiger partial charge < -0.3 is 14.6 Å². The molecule has 6 unspecified atom stereocenters. The molecule has 12 heteroatoms. The fourth-order valence-electron chi connectivity index (χ4n) is 3.37. The Kier molecular flexibility index (Phi) is 5.36. The molecule has 144 valence electrons. The number of hydrogen-bond acceptors (Lipinski definition) is 7. The Morgan fingerprint density at radius 1 is 1.40 bits per heavy atom. The molecule has 1 aliphatic carbocycles. The number of fused-ring (bicyclic) bond motifs is 1. The molecule has 0 spiro atoms. The average molecular weight is 390 g/mol. The average Bonchev–Trinajstić information content (AvgIpc) is 2.97. The zero-order valence-electron chi connectivity index (χ0n) is 13.0. The molecule has 2 fully saturated rings. The van der Waals surface area contributed by atoms with Gasteiger partial charge in [0.1, 0.15) is 11.9 Å². The molecule has 8 nitrogen and oxygen atoms in total. The topological polar surface area (TPSA) is 127 Å². The number of esters is 2. The van der Waals surface area contributed by atoms with Crippen molar-refractivity contribution in [2.45, 2.75) is 44.3 Å². The first-order chi connectivity index (χ1) is 11.3. The van der Waals surface area contributed by atoms with Gasteiger partial charge in [0.15, 0.2) is 0 Å². The Labute approximate surface area is 141 Å². The minimum absolute atomic E-state index is 0.0446. The van der Waals surface area contributed by atoms with Crippen molar-refractivity contribution in [1.82, 2.24) is 0 Å². The Hall–Kier alpha value is -1.40. The van der Waals surface area contributed by atoms with E-state index in [0.29, 0.717) is 0 Å². The third-order valence-electron chi connectivity index (χ3n) is 4.42. The van der Waals surface area contributed by atoms with Gasteiger partial charge in [-0.1, -0.05) is 0 Å². The molecule has 2 aliphatic rings. The monoisotopic (exact) mass is 390 g/mol. The van der Waals surface area contributed by atoms with Gasteiger partial charge in [-0.25, -0.2) is 0 Å². The van der Waals surface area contributed by atoms with Crippen LogP contribution in [0.5, 0.6) is 0 Å². The number of rotatable bonds is 5. The van der Waals surface area contributed by atoms with Crippen LogP contribution in [0.1, 0.15) is 19.8 Å². The highest BCUT2D eigenvalue weighted by molar-refractivity contribution is 7.85. The summed E-state index contributed by atoms with van der Waals surface area (Å²) in [4.78, 5) is 24.0. The highest BCUT2D eigenvalue weighted by Crippen LogP contribution is 2.47. The summed E-state index contributed by atoms with van der Waals surface area (Å²) in [6.45, 7) is 1.39. The summed E-state index contributed by atoms with van der Waals surface area (Å²) < 4.78 is 77.7. The molecule has 6 atom stereocenters. The van der Waals surface area contributed by atoms with Gasteiger partial charge in [0.2, 0.25) is 6.10 Å². The van der Waals surface area contributed by atoms with Crippen LogP contribution >= 0.6 is 0 Å². The molecule has 2 rings (SSSR count). The van der Waals surface area contributed by atoms with Crippen LogP contribution in [-0.4, -0.2) is 60.3 Å². The van der Waals surface area contributed by atoms with Crippen LogP contribution in [-0.2, 0) is 29.2 Å². The predicted molar refractivity (Wildman–Crippen MR) is 73.6 cm³/mol. The van der Waals surface area contributed by atoms with Crippen LogP contribution in [0.15, 0.2) is 0 Å². The SMILES string of the molecule is CC(O)C1OC(=O)C2C(C(=O)OC(CS(=O)(=O)O)C(F)(F)F)CCC12. The van der Waals surface area contributed by atoms with Crippen molar-refractivity contribution in [1.29, 1.82) is 0 Å². The van der Waals surface area contributed by atoms with Gasteiger partial charge >= 0.3 is 18.1 Å². The third-order valence-corrected chi connectivity index (χ3v) is 5.14. The van der Waals surface area contributed by atoms with E-state index in [1.54, 1.807) is 0 Å². The van der Waals surface area contributed by atoms with Crippen molar-refractivity contribution in [3.8, 4) is 0 Å². The van der Waals surface area contributed by atoms with E-state index in [9.17, 15) is 36.3 Å². The number of alkyl halides is 3. The zero-order valence-corrected chi connectivity index (χ0v) is 13.8. The van der Waals surface area contributed by atoms with Crippen LogP contribution in [0.4, 0.5) is 13.2 Å². The fourth-order valence-corrected chi connectivity index (χ4v) is 4.01. The molecule has 1 saturated carbocycles. The Balaban J connectivity index is 2.14. The summed E-state index contributed by atoms with van der Waals surface area (Å²) in [5, 5.41) is 9.58. The molecule has 1 heterocycles. The Morgan fingerprint density at radius 2 is 2.00 bits per heavy atom. The van der Waals surface area contributed by atoms with E-state index in [0.717, 1.165) is 0 Å². The van der Waals surface area contributed by atoms with Crippen LogP contribution in [0, 0.1) is 17.8 Å². The standard InChI is InChI=1S/C13H17F3O8S/c1-5(17)10-6-2-3-7(9(6)12(19)24-10)11(18)23-8(13(14,15)16)4-25(20,21)22/h5-10,17H,2-4H2,1H3,(H,20,21,22). The molecule has 0 aromatic heterocycles. The molecule has 0 aromatic rings. The molecule has 0 amide bonds. The fraction of sp³-hybridized carbons (Fsp3) is 0.846. The zero-order chi connectivity index (χ0) is 19.2. The largest absolute Gasteiger partial charge is 0.459 e. The van der Waals surface area contributed by atoms with Gasteiger partial charge in [-0.2, -0.15) is 21.6 Å². The summed E-state index contributed by atoms with van der Waals surface area (Å²) in [6.07, 6.45) is -9.80. The second kappa shape index (κ2) is 6.72. The van der Waals surface area contributed by atoms with Gasteiger partial charge in [0.25, 0.3) is 10.1 Å². The molecular formula is C13H17F3O8S. The summed E-state index contributed by atoms with van der Waals surface area (Å²) in [6, 6.07) is 0. The van der Waals surface area contributed by atoms with Crippen molar-refractivity contribution in [2.75, 3.05) is 5.75 Å². The normalized spacial score (nSPS) is 32.0. The Bertz CT molecular complexity index is 644. The highest BCUT2D eigenvalue weighted by Gasteiger charge is 2.57. The van der Waals surface area contributed by atoms with Crippen molar-refractivity contribution in [3.05, 3.63) is 0 Å². The third kappa shape index (κ3) is 4.42. The quantitative estimate of drug-likeness (QED) is 0.507. The Morgan fingerprint density at radius 3 is 2.48 bits per heavy atom. The van der Waals surface area contributed by atoms with E-state index >= 15 is 0 Å². The molecule has 0 radical (unpaired) electrons. The number of halogens is 3. The van der Waals surface area contributed by atoms with Crippen LogP contribution in [0.3, 0.4) is 0 Å². The first-order valence-corrected chi connectivity index (χ1v) is 9.03.